The molecule has 2 aromatic carbocycles. The van der Waals surface area contributed by atoms with E-state index in [1.807, 2.05) is 0 Å². The number of benzene rings is 2. The molecule has 0 radical (unpaired) electrons. The number of amides is 1. The molecule has 0 atom stereocenters. The molecule has 116 valence electrons. The van der Waals surface area contributed by atoms with Crippen LogP contribution in [0.25, 0.3) is 5.69 Å². The molecule has 0 spiro atoms. The smallest absolute Gasteiger partial charge is 0.228 e. The van der Waals surface area contributed by atoms with Crippen molar-refractivity contribution >= 4 is 34.8 Å². The third kappa shape index (κ3) is 3.67. The average Bonchev–Trinajstić information content (AvgIpc) is 3.06. The van der Waals surface area contributed by atoms with Gasteiger partial charge in [-0.1, -0.05) is 29.3 Å². The second-order valence-electron chi connectivity index (χ2n) is 4.73. The maximum atomic E-state index is 12.1. The van der Waals surface area contributed by atoms with E-state index in [4.69, 9.17) is 23.2 Å². The van der Waals surface area contributed by atoms with Gasteiger partial charge in [-0.3, -0.25) is 4.79 Å². The molecule has 23 heavy (non-hydrogen) atoms. The average molecular weight is 348 g/mol. The Kier molecular flexibility index (Phi) is 4.55. The summed E-state index contributed by atoms with van der Waals surface area (Å²) in [6.45, 7) is 0. The number of hydrogen-bond acceptors (Lipinski definition) is 4. The normalized spacial score (nSPS) is 10.5. The van der Waals surface area contributed by atoms with E-state index in [1.165, 1.54) is 11.0 Å². The number of hydrogen-bond donors (Lipinski definition) is 1. The molecule has 0 saturated carbocycles. The molecule has 0 aliphatic carbocycles. The molecular formula is C15H11Cl2N5O. The lowest BCUT2D eigenvalue weighted by Crippen LogP contribution is -2.15. The zero-order chi connectivity index (χ0) is 16.2. The summed E-state index contributed by atoms with van der Waals surface area (Å²) < 4.78 is 1.52. The largest absolute Gasteiger partial charge is 0.326 e. The monoisotopic (exact) mass is 347 g/mol. The van der Waals surface area contributed by atoms with Crippen molar-refractivity contribution in [3.63, 3.8) is 0 Å². The Labute approximate surface area is 142 Å². The van der Waals surface area contributed by atoms with Crippen molar-refractivity contribution in [3.8, 4) is 5.69 Å². The lowest BCUT2D eigenvalue weighted by molar-refractivity contribution is -0.115. The third-order valence-electron chi connectivity index (χ3n) is 3.16. The molecule has 0 aliphatic heterocycles. The molecule has 0 fully saturated rings. The number of carbonyl (C=O) groups excluding carboxylic acids is 1. The highest BCUT2D eigenvalue weighted by molar-refractivity contribution is 6.36. The van der Waals surface area contributed by atoms with Crippen molar-refractivity contribution in [2.75, 3.05) is 5.32 Å². The molecule has 0 unspecified atom stereocenters. The third-order valence-corrected chi connectivity index (χ3v) is 3.87. The number of rotatable bonds is 4. The van der Waals surface area contributed by atoms with Gasteiger partial charge in [0, 0.05) is 15.7 Å². The number of tetrazole rings is 1. The van der Waals surface area contributed by atoms with Gasteiger partial charge in [0.2, 0.25) is 5.91 Å². The standard InChI is InChI=1S/C15H11Cl2N5O/c16-13-2-1-3-14(17)12(13)8-15(23)19-10-4-6-11(7-5-10)22-9-18-20-21-22/h1-7,9H,8H2,(H,19,23). The zero-order valence-corrected chi connectivity index (χ0v) is 13.3. The van der Waals surface area contributed by atoms with Gasteiger partial charge in [-0.05, 0) is 52.4 Å². The van der Waals surface area contributed by atoms with E-state index in [1.54, 1.807) is 42.5 Å². The van der Waals surface area contributed by atoms with Crippen molar-refractivity contribution in [1.82, 2.24) is 20.2 Å². The summed E-state index contributed by atoms with van der Waals surface area (Å²) in [5, 5.41) is 14.7. The van der Waals surface area contributed by atoms with Crippen LogP contribution in [0.5, 0.6) is 0 Å². The SMILES string of the molecule is O=C(Cc1c(Cl)cccc1Cl)Nc1ccc(-n2cnnn2)cc1. The van der Waals surface area contributed by atoms with E-state index in [-0.39, 0.29) is 12.3 Å². The Balaban J connectivity index is 1.68. The van der Waals surface area contributed by atoms with Crippen LogP contribution in [0.3, 0.4) is 0 Å². The Hall–Kier alpha value is -2.44. The van der Waals surface area contributed by atoms with Gasteiger partial charge in [-0.2, -0.15) is 0 Å². The van der Waals surface area contributed by atoms with E-state index in [2.05, 4.69) is 20.8 Å². The predicted molar refractivity (Wildman–Crippen MR) is 87.9 cm³/mol. The molecule has 0 bridgehead atoms. The minimum absolute atomic E-state index is 0.104. The summed E-state index contributed by atoms with van der Waals surface area (Å²) in [5.41, 5.74) is 2.07. The molecule has 8 heteroatoms. The summed E-state index contributed by atoms with van der Waals surface area (Å²) >= 11 is 12.1. The number of nitrogens with one attached hydrogen (secondary N) is 1. The Bertz CT molecular complexity index is 798. The van der Waals surface area contributed by atoms with Gasteiger partial charge in [0.05, 0.1) is 12.1 Å². The summed E-state index contributed by atoms with van der Waals surface area (Å²) in [5.74, 6) is -0.199. The van der Waals surface area contributed by atoms with Crippen LogP contribution in [0.1, 0.15) is 5.56 Å². The molecule has 1 amide bonds. The summed E-state index contributed by atoms with van der Waals surface area (Å²) in [4.78, 5) is 12.1. The van der Waals surface area contributed by atoms with Crippen LogP contribution >= 0.6 is 23.2 Å². The van der Waals surface area contributed by atoms with Gasteiger partial charge in [0.25, 0.3) is 0 Å². The van der Waals surface area contributed by atoms with Gasteiger partial charge in [0.1, 0.15) is 6.33 Å². The molecule has 1 N–H and O–H groups in total. The topological polar surface area (TPSA) is 72.7 Å². The Morgan fingerprint density at radius 2 is 1.78 bits per heavy atom. The zero-order valence-electron chi connectivity index (χ0n) is 11.8. The first-order valence-electron chi connectivity index (χ1n) is 6.69. The number of aromatic nitrogens is 4. The van der Waals surface area contributed by atoms with Crippen LogP contribution in [0.4, 0.5) is 5.69 Å². The van der Waals surface area contributed by atoms with Gasteiger partial charge in [-0.15, -0.1) is 5.10 Å². The predicted octanol–water partition coefficient (Wildman–Crippen LogP) is 3.15. The molecule has 6 nitrogen and oxygen atoms in total. The first kappa shape index (κ1) is 15.5. The number of halogens is 2. The fourth-order valence-corrected chi connectivity index (χ4v) is 2.58. The lowest BCUT2D eigenvalue weighted by atomic mass is 10.1. The summed E-state index contributed by atoms with van der Waals surface area (Å²) in [6, 6.07) is 12.3. The van der Waals surface area contributed by atoms with Crippen LogP contribution in [-0.2, 0) is 11.2 Å². The molecule has 0 aliphatic rings. The molecule has 3 aromatic rings. The first-order valence-corrected chi connectivity index (χ1v) is 7.45. The molecule has 3 rings (SSSR count). The quantitative estimate of drug-likeness (QED) is 0.786. The second-order valence-corrected chi connectivity index (χ2v) is 5.54. The van der Waals surface area contributed by atoms with E-state index < -0.39 is 0 Å². The minimum Gasteiger partial charge on any atom is -0.326 e. The van der Waals surface area contributed by atoms with E-state index >= 15 is 0 Å². The second kappa shape index (κ2) is 6.76. The molecular weight excluding hydrogens is 337 g/mol. The van der Waals surface area contributed by atoms with Crippen molar-refractivity contribution in [2.45, 2.75) is 6.42 Å². The van der Waals surface area contributed by atoms with Gasteiger partial charge < -0.3 is 5.32 Å². The van der Waals surface area contributed by atoms with E-state index in [0.717, 1.165) is 5.69 Å². The van der Waals surface area contributed by atoms with Crippen LogP contribution in [0.2, 0.25) is 10.0 Å². The van der Waals surface area contributed by atoms with Crippen LogP contribution in [0, 0.1) is 0 Å². The summed E-state index contributed by atoms with van der Waals surface area (Å²) in [6.07, 6.45) is 1.60. The fraction of sp³-hybridized carbons (Fsp3) is 0.0667. The fourth-order valence-electron chi connectivity index (χ4n) is 2.04. The van der Waals surface area contributed by atoms with Crippen molar-refractivity contribution in [2.24, 2.45) is 0 Å². The van der Waals surface area contributed by atoms with Crippen molar-refractivity contribution < 1.29 is 4.79 Å². The highest BCUT2D eigenvalue weighted by atomic mass is 35.5. The van der Waals surface area contributed by atoms with Gasteiger partial charge in [-0.25, -0.2) is 4.68 Å². The highest BCUT2D eigenvalue weighted by Crippen LogP contribution is 2.25. The maximum Gasteiger partial charge on any atom is 0.228 e. The van der Waals surface area contributed by atoms with Crippen LogP contribution in [-0.4, -0.2) is 26.1 Å². The summed E-state index contributed by atoms with van der Waals surface area (Å²) in [7, 11) is 0. The number of carbonyl (C=O) groups is 1. The van der Waals surface area contributed by atoms with Crippen LogP contribution < -0.4 is 5.32 Å². The molecule has 1 aromatic heterocycles. The highest BCUT2D eigenvalue weighted by Gasteiger charge is 2.11. The minimum atomic E-state index is -0.199. The van der Waals surface area contributed by atoms with Crippen molar-refractivity contribution in [3.05, 3.63) is 64.4 Å². The maximum absolute atomic E-state index is 12.1. The van der Waals surface area contributed by atoms with Gasteiger partial charge in [0.15, 0.2) is 0 Å². The number of nitrogens with zero attached hydrogens (tertiary/aromatic N) is 4. The van der Waals surface area contributed by atoms with Crippen LogP contribution in [0.15, 0.2) is 48.8 Å². The molecule has 1 heterocycles. The lowest BCUT2D eigenvalue weighted by Gasteiger charge is -2.08. The number of anilines is 1. The van der Waals surface area contributed by atoms with E-state index in [9.17, 15) is 4.79 Å². The Morgan fingerprint density at radius 3 is 2.39 bits per heavy atom. The molecule has 0 saturated heterocycles. The van der Waals surface area contributed by atoms with Gasteiger partial charge >= 0.3 is 0 Å². The Morgan fingerprint density at radius 1 is 1.09 bits per heavy atom. The first-order chi connectivity index (χ1) is 11.1. The van der Waals surface area contributed by atoms with E-state index in [0.29, 0.717) is 21.3 Å². The van der Waals surface area contributed by atoms with Crippen molar-refractivity contribution in [1.29, 1.82) is 0 Å².